The minimum absolute atomic E-state index is 0.0583. The molecule has 0 amide bonds. The van der Waals surface area contributed by atoms with E-state index in [2.05, 4.69) is 4.74 Å². The summed E-state index contributed by atoms with van der Waals surface area (Å²) in [5, 5.41) is 10.4. The van der Waals surface area contributed by atoms with Crippen LogP contribution in [0.5, 0.6) is 0 Å². The van der Waals surface area contributed by atoms with Crippen molar-refractivity contribution >= 4 is 21.5 Å². The van der Waals surface area contributed by atoms with E-state index in [1.807, 2.05) is 0 Å². The Hall–Kier alpha value is -1.96. The van der Waals surface area contributed by atoms with Crippen molar-refractivity contribution in [1.82, 2.24) is 0 Å². The second-order valence-electron chi connectivity index (χ2n) is 3.40. The van der Waals surface area contributed by atoms with Gasteiger partial charge in [-0.1, -0.05) is 0 Å². The van der Waals surface area contributed by atoms with Gasteiger partial charge in [0.2, 0.25) is 0 Å². The second-order valence-corrected chi connectivity index (χ2v) is 5.51. The first kappa shape index (κ1) is 14.1. The molecule has 0 fully saturated rings. The molecule has 0 aliphatic carbocycles. The van der Waals surface area contributed by atoms with Gasteiger partial charge in [0, 0.05) is 12.1 Å². The number of carbonyl (C=O) groups is 1. The molecular weight excluding hydrogens is 262 g/mol. The fraction of sp³-hybridized carbons (Fsp3) is 0.300. The van der Waals surface area contributed by atoms with Gasteiger partial charge < -0.3 is 4.74 Å². The summed E-state index contributed by atoms with van der Waals surface area (Å²) in [6.07, 6.45) is -0.254. The third-order valence-electron chi connectivity index (χ3n) is 2.21. The summed E-state index contributed by atoms with van der Waals surface area (Å²) in [5.74, 6) is -1.02. The lowest BCUT2D eigenvalue weighted by molar-refractivity contribution is -0.384. The van der Waals surface area contributed by atoms with Gasteiger partial charge in [-0.05, 0) is 12.1 Å². The number of non-ortho nitro benzene ring substituents is 1. The van der Waals surface area contributed by atoms with Gasteiger partial charge in [0.15, 0.2) is 9.84 Å². The molecule has 0 aromatic heterocycles. The monoisotopic (exact) mass is 273 g/mol. The van der Waals surface area contributed by atoms with Crippen molar-refractivity contribution in [2.45, 2.75) is 11.3 Å². The largest absolute Gasteiger partial charge is 0.469 e. The SMILES string of the molecule is COC(=O)CCS(=O)(=O)c1ccc([N+](=O)[O-])cc1. The van der Waals surface area contributed by atoms with Crippen LogP contribution in [0.2, 0.25) is 0 Å². The highest BCUT2D eigenvalue weighted by molar-refractivity contribution is 7.91. The molecule has 0 heterocycles. The first-order valence-corrected chi connectivity index (χ1v) is 6.56. The Morgan fingerprint density at radius 3 is 2.33 bits per heavy atom. The first-order valence-electron chi connectivity index (χ1n) is 4.91. The lowest BCUT2D eigenvalue weighted by Gasteiger charge is -2.03. The van der Waals surface area contributed by atoms with Crippen LogP contribution in [0.3, 0.4) is 0 Å². The maximum atomic E-state index is 11.8. The highest BCUT2D eigenvalue weighted by Crippen LogP contribution is 2.17. The average molecular weight is 273 g/mol. The molecule has 0 spiro atoms. The Morgan fingerprint density at radius 1 is 1.33 bits per heavy atom. The molecule has 18 heavy (non-hydrogen) atoms. The quantitative estimate of drug-likeness (QED) is 0.449. The van der Waals surface area contributed by atoms with Crippen molar-refractivity contribution in [2.75, 3.05) is 12.9 Å². The van der Waals surface area contributed by atoms with Crippen molar-refractivity contribution in [3.8, 4) is 0 Å². The van der Waals surface area contributed by atoms with E-state index >= 15 is 0 Å². The highest BCUT2D eigenvalue weighted by atomic mass is 32.2. The number of nitro groups is 1. The Kier molecular flexibility index (Phi) is 4.38. The smallest absolute Gasteiger partial charge is 0.306 e. The van der Waals surface area contributed by atoms with Gasteiger partial charge in [-0.15, -0.1) is 0 Å². The number of nitrogens with zero attached hydrogens (tertiary/aromatic N) is 1. The van der Waals surface area contributed by atoms with Gasteiger partial charge in [-0.2, -0.15) is 0 Å². The summed E-state index contributed by atoms with van der Waals surface area (Å²) >= 11 is 0. The summed E-state index contributed by atoms with van der Waals surface area (Å²) in [6.45, 7) is 0. The highest BCUT2D eigenvalue weighted by Gasteiger charge is 2.17. The average Bonchev–Trinajstić information content (AvgIpc) is 2.36. The first-order chi connectivity index (χ1) is 8.36. The maximum Gasteiger partial charge on any atom is 0.306 e. The van der Waals surface area contributed by atoms with Gasteiger partial charge in [0.25, 0.3) is 5.69 Å². The van der Waals surface area contributed by atoms with Crippen LogP contribution >= 0.6 is 0 Å². The normalized spacial score (nSPS) is 10.9. The minimum Gasteiger partial charge on any atom is -0.469 e. The number of hydrogen-bond acceptors (Lipinski definition) is 6. The van der Waals surface area contributed by atoms with E-state index in [1.165, 1.54) is 7.11 Å². The van der Waals surface area contributed by atoms with Crippen molar-refractivity contribution in [1.29, 1.82) is 0 Å². The van der Waals surface area contributed by atoms with Gasteiger partial charge >= 0.3 is 5.97 Å². The van der Waals surface area contributed by atoms with Gasteiger partial charge in [0.1, 0.15) is 0 Å². The second kappa shape index (κ2) is 5.58. The number of esters is 1. The zero-order valence-electron chi connectivity index (χ0n) is 9.53. The van der Waals surface area contributed by atoms with E-state index in [4.69, 9.17) is 0 Å². The van der Waals surface area contributed by atoms with E-state index in [0.29, 0.717) is 0 Å². The van der Waals surface area contributed by atoms with Crippen LogP contribution in [0.4, 0.5) is 5.69 Å². The van der Waals surface area contributed by atoms with Crippen LogP contribution in [-0.2, 0) is 19.4 Å². The summed E-state index contributed by atoms with van der Waals surface area (Å²) in [5.41, 5.74) is -0.193. The number of methoxy groups -OCH3 is 1. The number of carbonyl (C=O) groups excluding carboxylic acids is 1. The fourth-order valence-electron chi connectivity index (χ4n) is 1.21. The van der Waals surface area contributed by atoms with Crippen LogP contribution < -0.4 is 0 Å². The van der Waals surface area contributed by atoms with Crippen LogP contribution in [0.1, 0.15) is 6.42 Å². The molecule has 0 atom stereocenters. The molecule has 1 aromatic rings. The van der Waals surface area contributed by atoms with Crippen LogP contribution in [-0.4, -0.2) is 32.2 Å². The van der Waals surface area contributed by atoms with Crippen LogP contribution in [0.25, 0.3) is 0 Å². The molecule has 7 nitrogen and oxygen atoms in total. The van der Waals surface area contributed by atoms with E-state index < -0.39 is 26.5 Å². The number of rotatable bonds is 5. The Balaban J connectivity index is 2.85. The molecule has 0 aliphatic rings. The van der Waals surface area contributed by atoms with Crippen LogP contribution in [0, 0.1) is 10.1 Å². The molecule has 0 saturated heterocycles. The van der Waals surface area contributed by atoms with Gasteiger partial charge in [0.05, 0.1) is 29.1 Å². The van der Waals surface area contributed by atoms with Crippen molar-refractivity contribution < 1.29 is 22.9 Å². The third kappa shape index (κ3) is 3.52. The zero-order chi connectivity index (χ0) is 13.8. The molecule has 0 N–H and O–H groups in total. The Labute approximate surface area is 103 Å². The summed E-state index contributed by atoms with van der Waals surface area (Å²) < 4.78 is 27.9. The maximum absolute atomic E-state index is 11.8. The summed E-state index contributed by atoms with van der Waals surface area (Å²) in [4.78, 5) is 20.6. The molecule has 0 saturated carbocycles. The van der Waals surface area contributed by atoms with Gasteiger partial charge in [-0.3, -0.25) is 14.9 Å². The van der Waals surface area contributed by atoms with Gasteiger partial charge in [-0.25, -0.2) is 8.42 Å². The minimum atomic E-state index is -3.63. The molecule has 1 aromatic carbocycles. The topological polar surface area (TPSA) is 104 Å². The number of nitro benzene ring substituents is 1. The van der Waals surface area contributed by atoms with E-state index in [1.54, 1.807) is 0 Å². The molecule has 0 aliphatic heterocycles. The van der Waals surface area contributed by atoms with E-state index in [-0.39, 0.29) is 17.0 Å². The lowest BCUT2D eigenvalue weighted by Crippen LogP contribution is -2.12. The Morgan fingerprint density at radius 2 is 1.89 bits per heavy atom. The number of benzene rings is 1. The van der Waals surface area contributed by atoms with Crippen molar-refractivity contribution in [2.24, 2.45) is 0 Å². The number of ether oxygens (including phenoxy) is 1. The third-order valence-corrected chi connectivity index (χ3v) is 3.94. The van der Waals surface area contributed by atoms with E-state index in [0.717, 1.165) is 24.3 Å². The molecule has 0 unspecified atom stereocenters. The Bertz CT molecular complexity index is 548. The van der Waals surface area contributed by atoms with E-state index in [9.17, 15) is 23.3 Å². The molecular formula is C10H11NO6S. The lowest BCUT2D eigenvalue weighted by atomic mass is 10.3. The predicted octanol–water partition coefficient (Wildman–Crippen LogP) is 0.932. The van der Waals surface area contributed by atoms with Crippen LogP contribution in [0.15, 0.2) is 29.2 Å². The predicted molar refractivity (Wildman–Crippen MR) is 61.8 cm³/mol. The molecule has 1 rings (SSSR count). The molecule has 98 valence electrons. The molecule has 0 radical (unpaired) electrons. The summed E-state index contributed by atoms with van der Waals surface area (Å²) in [6, 6.07) is 4.49. The summed E-state index contributed by atoms with van der Waals surface area (Å²) in [7, 11) is -2.46. The van der Waals surface area contributed by atoms with Crippen molar-refractivity contribution in [3.05, 3.63) is 34.4 Å². The fourth-order valence-corrected chi connectivity index (χ4v) is 2.43. The molecule has 8 heteroatoms. The van der Waals surface area contributed by atoms with Crippen molar-refractivity contribution in [3.63, 3.8) is 0 Å². The zero-order valence-corrected chi connectivity index (χ0v) is 10.3. The number of sulfone groups is 1. The molecule has 0 bridgehead atoms. The number of hydrogen-bond donors (Lipinski definition) is 0. The standard InChI is InChI=1S/C10H11NO6S/c1-17-10(12)6-7-18(15,16)9-4-2-8(3-5-9)11(13)14/h2-5H,6-7H2,1H3.